The van der Waals surface area contributed by atoms with E-state index in [2.05, 4.69) is 27.3 Å². The predicted octanol–water partition coefficient (Wildman–Crippen LogP) is 3.83. The molecule has 0 radical (unpaired) electrons. The first-order valence-electron chi connectivity index (χ1n) is 9.84. The van der Waals surface area contributed by atoms with Gasteiger partial charge in [-0.15, -0.1) is 5.10 Å². The summed E-state index contributed by atoms with van der Waals surface area (Å²) in [6.07, 6.45) is 3.22. The van der Waals surface area contributed by atoms with Gasteiger partial charge in [-0.25, -0.2) is 9.50 Å². The van der Waals surface area contributed by atoms with Gasteiger partial charge in [0.25, 0.3) is 5.78 Å². The van der Waals surface area contributed by atoms with E-state index in [1.807, 2.05) is 13.8 Å². The van der Waals surface area contributed by atoms with Crippen LogP contribution in [-0.2, 0) is 11.2 Å². The molecule has 30 heavy (non-hydrogen) atoms. The second kappa shape index (κ2) is 9.80. The van der Waals surface area contributed by atoms with Gasteiger partial charge in [0.05, 0.1) is 25.7 Å². The SMILES string of the molecule is CCCCc1c(C)nc2nc(SCC(=O)Nc3ccc(OC)cc3OC)nn2c1C. The van der Waals surface area contributed by atoms with Crippen LogP contribution in [0.5, 0.6) is 11.5 Å². The van der Waals surface area contributed by atoms with Crippen molar-refractivity contribution in [2.24, 2.45) is 0 Å². The lowest BCUT2D eigenvalue weighted by atomic mass is 10.1. The zero-order chi connectivity index (χ0) is 21.7. The number of methoxy groups -OCH3 is 2. The van der Waals surface area contributed by atoms with Crippen LogP contribution in [0.1, 0.15) is 36.7 Å². The van der Waals surface area contributed by atoms with Crippen LogP contribution in [0.3, 0.4) is 0 Å². The van der Waals surface area contributed by atoms with Crippen LogP contribution in [0.15, 0.2) is 23.4 Å². The first-order chi connectivity index (χ1) is 14.5. The number of aryl methyl sites for hydroxylation is 2. The third-order valence-corrected chi connectivity index (χ3v) is 5.66. The normalized spacial score (nSPS) is 11.0. The standard InChI is InChI=1S/C21H27N5O3S/c1-6-7-8-16-13(2)22-20-24-21(25-26(20)14(16)3)30-12-19(27)23-17-10-9-15(28-4)11-18(17)29-5/h9-11H,6-8,12H2,1-5H3,(H,23,27). The second-order valence-electron chi connectivity index (χ2n) is 6.87. The molecule has 0 aliphatic carbocycles. The van der Waals surface area contributed by atoms with Crippen LogP contribution in [0, 0.1) is 13.8 Å². The molecule has 1 N–H and O–H groups in total. The summed E-state index contributed by atoms with van der Waals surface area (Å²) in [4.78, 5) is 21.5. The molecule has 2 aromatic heterocycles. The Morgan fingerprint density at radius 2 is 2.00 bits per heavy atom. The van der Waals surface area contributed by atoms with Gasteiger partial charge in [0.1, 0.15) is 11.5 Å². The molecule has 0 atom stereocenters. The van der Waals surface area contributed by atoms with Crippen molar-refractivity contribution in [3.8, 4) is 11.5 Å². The van der Waals surface area contributed by atoms with Crippen LogP contribution >= 0.6 is 11.8 Å². The van der Waals surface area contributed by atoms with Crippen LogP contribution in [0.4, 0.5) is 5.69 Å². The minimum Gasteiger partial charge on any atom is -0.497 e. The summed E-state index contributed by atoms with van der Waals surface area (Å²) in [5, 5.41) is 7.92. The topological polar surface area (TPSA) is 90.6 Å². The number of amides is 1. The average molecular weight is 430 g/mol. The van der Waals surface area contributed by atoms with Crippen LogP contribution in [-0.4, -0.2) is 45.5 Å². The fourth-order valence-electron chi connectivity index (χ4n) is 3.18. The van der Waals surface area contributed by atoms with Gasteiger partial charge < -0.3 is 14.8 Å². The van der Waals surface area contributed by atoms with E-state index in [0.29, 0.717) is 28.1 Å². The first kappa shape index (κ1) is 21.9. The van der Waals surface area contributed by atoms with Crippen molar-refractivity contribution < 1.29 is 14.3 Å². The number of anilines is 1. The highest BCUT2D eigenvalue weighted by Crippen LogP contribution is 2.29. The van der Waals surface area contributed by atoms with Crippen LogP contribution < -0.4 is 14.8 Å². The van der Waals surface area contributed by atoms with Crippen LogP contribution in [0.2, 0.25) is 0 Å². The molecular weight excluding hydrogens is 402 g/mol. The Morgan fingerprint density at radius 3 is 2.70 bits per heavy atom. The van der Waals surface area contributed by atoms with E-state index in [-0.39, 0.29) is 11.7 Å². The highest BCUT2D eigenvalue weighted by atomic mass is 32.2. The fraction of sp³-hybridized carbons (Fsp3) is 0.429. The van der Waals surface area contributed by atoms with Crippen molar-refractivity contribution in [3.05, 3.63) is 35.2 Å². The van der Waals surface area contributed by atoms with Gasteiger partial charge >= 0.3 is 0 Å². The lowest BCUT2D eigenvalue weighted by Gasteiger charge is -2.11. The van der Waals surface area contributed by atoms with E-state index < -0.39 is 0 Å². The third-order valence-electron chi connectivity index (χ3n) is 4.82. The van der Waals surface area contributed by atoms with E-state index in [0.717, 1.165) is 30.7 Å². The summed E-state index contributed by atoms with van der Waals surface area (Å²) in [6, 6.07) is 5.23. The van der Waals surface area contributed by atoms with Crippen molar-refractivity contribution in [2.75, 3.05) is 25.3 Å². The second-order valence-corrected chi connectivity index (χ2v) is 7.82. The van der Waals surface area contributed by atoms with E-state index in [1.165, 1.54) is 17.3 Å². The molecule has 8 nitrogen and oxygen atoms in total. The van der Waals surface area contributed by atoms with Gasteiger partial charge in [-0.05, 0) is 44.4 Å². The summed E-state index contributed by atoms with van der Waals surface area (Å²) in [7, 11) is 3.13. The Hall–Kier alpha value is -2.81. The van der Waals surface area contributed by atoms with Crippen molar-refractivity contribution in [1.29, 1.82) is 0 Å². The highest BCUT2D eigenvalue weighted by Gasteiger charge is 2.15. The number of thioether (sulfide) groups is 1. The zero-order valence-electron chi connectivity index (χ0n) is 18.0. The summed E-state index contributed by atoms with van der Waals surface area (Å²) in [5.74, 6) is 1.75. The molecule has 0 aliphatic rings. The summed E-state index contributed by atoms with van der Waals surface area (Å²) in [5.41, 5.74) is 3.84. The van der Waals surface area contributed by atoms with Gasteiger partial charge in [-0.1, -0.05) is 25.1 Å². The smallest absolute Gasteiger partial charge is 0.253 e. The largest absolute Gasteiger partial charge is 0.497 e. The van der Waals surface area contributed by atoms with Crippen molar-refractivity contribution in [2.45, 2.75) is 45.2 Å². The number of benzene rings is 1. The number of nitrogens with zero attached hydrogens (tertiary/aromatic N) is 4. The lowest BCUT2D eigenvalue weighted by Crippen LogP contribution is -2.14. The number of unbranched alkanes of at least 4 members (excludes halogenated alkanes) is 1. The Kier molecular flexibility index (Phi) is 7.15. The molecule has 0 bridgehead atoms. The maximum Gasteiger partial charge on any atom is 0.253 e. The summed E-state index contributed by atoms with van der Waals surface area (Å²) in [6.45, 7) is 6.22. The van der Waals surface area contributed by atoms with E-state index in [4.69, 9.17) is 9.47 Å². The summed E-state index contributed by atoms with van der Waals surface area (Å²) < 4.78 is 12.3. The molecule has 160 valence electrons. The number of carbonyl (C=O) groups excluding carboxylic acids is 1. The molecular formula is C21H27N5O3S. The Labute approximate surface area is 180 Å². The van der Waals surface area contributed by atoms with E-state index in [1.54, 1.807) is 36.9 Å². The van der Waals surface area contributed by atoms with Gasteiger partial charge in [-0.2, -0.15) is 4.98 Å². The molecule has 3 rings (SSSR count). The molecule has 3 aromatic rings. The molecule has 0 fully saturated rings. The molecule has 1 amide bonds. The number of hydrogen-bond acceptors (Lipinski definition) is 7. The monoisotopic (exact) mass is 429 g/mol. The van der Waals surface area contributed by atoms with E-state index >= 15 is 0 Å². The average Bonchev–Trinajstić information content (AvgIpc) is 3.15. The van der Waals surface area contributed by atoms with Crippen molar-refractivity contribution >= 4 is 29.1 Å². The maximum absolute atomic E-state index is 12.4. The number of aromatic nitrogens is 4. The molecule has 0 saturated carbocycles. The molecule has 0 saturated heterocycles. The fourth-order valence-corrected chi connectivity index (χ4v) is 3.80. The van der Waals surface area contributed by atoms with Gasteiger partial charge in [-0.3, -0.25) is 4.79 Å². The number of hydrogen-bond donors (Lipinski definition) is 1. The van der Waals surface area contributed by atoms with Gasteiger partial charge in [0, 0.05) is 17.5 Å². The zero-order valence-corrected chi connectivity index (χ0v) is 18.8. The first-order valence-corrected chi connectivity index (χ1v) is 10.8. The minimum absolute atomic E-state index is 0.173. The Bertz CT molecular complexity index is 1050. The Morgan fingerprint density at radius 1 is 1.20 bits per heavy atom. The molecule has 0 spiro atoms. The van der Waals surface area contributed by atoms with Gasteiger partial charge in [0.2, 0.25) is 11.1 Å². The lowest BCUT2D eigenvalue weighted by molar-refractivity contribution is -0.113. The Balaban J connectivity index is 1.70. The number of carbonyl (C=O) groups is 1. The number of nitrogens with one attached hydrogen (secondary N) is 1. The number of ether oxygens (including phenoxy) is 2. The predicted molar refractivity (Wildman–Crippen MR) is 118 cm³/mol. The molecule has 9 heteroatoms. The quantitative estimate of drug-likeness (QED) is 0.517. The van der Waals surface area contributed by atoms with Crippen molar-refractivity contribution in [3.63, 3.8) is 0 Å². The van der Waals surface area contributed by atoms with E-state index in [9.17, 15) is 4.79 Å². The number of rotatable bonds is 9. The molecule has 1 aromatic carbocycles. The van der Waals surface area contributed by atoms with Gasteiger partial charge in [0.15, 0.2) is 0 Å². The minimum atomic E-state index is -0.174. The number of fused-ring (bicyclic) bond motifs is 1. The van der Waals surface area contributed by atoms with Crippen molar-refractivity contribution in [1.82, 2.24) is 19.6 Å². The molecule has 0 unspecified atom stereocenters. The third kappa shape index (κ3) is 4.84. The maximum atomic E-state index is 12.4. The van der Waals surface area contributed by atoms with Crippen LogP contribution in [0.25, 0.3) is 5.78 Å². The molecule has 2 heterocycles. The summed E-state index contributed by atoms with van der Waals surface area (Å²) >= 11 is 1.27. The highest BCUT2D eigenvalue weighted by molar-refractivity contribution is 7.99. The molecule has 0 aliphatic heterocycles.